The molecule has 0 saturated heterocycles. The Kier molecular flexibility index (Phi) is 5.57. The fourth-order valence-corrected chi connectivity index (χ4v) is 3.73. The van der Waals surface area contributed by atoms with Gasteiger partial charge < -0.3 is 9.72 Å². The lowest BCUT2D eigenvalue weighted by molar-refractivity contribution is -0.141. The number of esters is 1. The van der Waals surface area contributed by atoms with Gasteiger partial charge in [-0.15, -0.1) is 0 Å². The van der Waals surface area contributed by atoms with Crippen LogP contribution in [0.2, 0.25) is 0 Å². The van der Waals surface area contributed by atoms with Gasteiger partial charge in [0.05, 0.1) is 4.90 Å². The number of aryl methyl sites for hydroxylation is 1. The molecule has 0 fully saturated rings. The van der Waals surface area contributed by atoms with Crippen LogP contribution in [0.4, 0.5) is 4.39 Å². The number of hydrogen-bond donors (Lipinski definition) is 2. The number of ether oxygens (including phenoxy) is 1. The first-order valence-corrected chi connectivity index (χ1v) is 9.77. The van der Waals surface area contributed by atoms with Crippen LogP contribution in [0.25, 0.3) is 10.9 Å². The highest BCUT2D eigenvalue weighted by Crippen LogP contribution is 2.22. The molecule has 2 N–H and O–H groups in total. The van der Waals surface area contributed by atoms with Gasteiger partial charge in [0.2, 0.25) is 15.8 Å². The van der Waals surface area contributed by atoms with Crippen molar-refractivity contribution in [2.24, 2.45) is 0 Å². The van der Waals surface area contributed by atoms with E-state index in [1.165, 1.54) is 0 Å². The molecule has 0 atom stereocenters. The second-order valence-corrected chi connectivity index (χ2v) is 7.80. The number of aromatic amines is 1. The Bertz CT molecular complexity index is 1140. The van der Waals surface area contributed by atoms with Crippen molar-refractivity contribution in [3.05, 3.63) is 65.6 Å². The molecule has 0 saturated carbocycles. The van der Waals surface area contributed by atoms with E-state index in [1.807, 2.05) is 12.1 Å². The molecule has 28 heavy (non-hydrogen) atoms. The molecule has 1 heterocycles. The standard InChI is InChI=1S/C19H17FN2O5S/c1-12-19(15-4-2-3-5-16(15)22-12)17(23)11-27-18(24)10-21-28(25,26)14-8-6-13(20)7-9-14/h2-9,21-22H,10-11H2,1H3. The average Bonchev–Trinajstić information content (AvgIpc) is 3.00. The molecule has 7 nitrogen and oxygen atoms in total. The number of nitrogens with one attached hydrogen (secondary N) is 2. The number of ketones is 1. The molecule has 0 bridgehead atoms. The molecule has 3 aromatic rings. The number of para-hydroxylation sites is 1. The third-order valence-corrected chi connectivity index (χ3v) is 5.48. The predicted molar refractivity (Wildman–Crippen MR) is 99.9 cm³/mol. The van der Waals surface area contributed by atoms with Crippen LogP contribution in [0.5, 0.6) is 0 Å². The van der Waals surface area contributed by atoms with E-state index < -0.39 is 40.7 Å². The van der Waals surface area contributed by atoms with Gasteiger partial charge in [-0.25, -0.2) is 12.8 Å². The number of hydrogen-bond acceptors (Lipinski definition) is 5. The van der Waals surface area contributed by atoms with E-state index in [0.717, 1.165) is 35.2 Å². The van der Waals surface area contributed by atoms with Gasteiger partial charge >= 0.3 is 5.97 Å². The van der Waals surface area contributed by atoms with Crippen LogP contribution in [-0.4, -0.2) is 38.3 Å². The molecule has 1 aromatic heterocycles. The van der Waals surface area contributed by atoms with Crippen LogP contribution in [0.1, 0.15) is 16.1 Å². The maximum atomic E-state index is 12.9. The highest BCUT2D eigenvalue weighted by Gasteiger charge is 2.19. The van der Waals surface area contributed by atoms with Gasteiger partial charge in [-0.1, -0.05) is 18.2 Å². The minimum atomic E-state index is -4.00. The average molecular weight is 404 g/mol. The Labute approximate surface area is 160 Å². The van der Waals surface area contributed by atoms with Crippen LogP contribution < -0.4 is 4.72 Å². The highest BCUT2D eigenvalue weighted by molar-refractivity contribution is 7.89. The molecule has 0 amide bonds. The smallest absolute Gasteiger partial charge is 0.321 e. The molecule has 0 aliphatic rings. The van der Waals surface area contributed by atoms with Gasteiger partial charge in [-0.2, -0.15) is 4.72 Å². The third-order valence-electron chi connectivity index (χ3n) is 4.07. The monoisotopic (exact) mass is 404 g/mol. The van der Waals surface area contributed by atoms with Crippen molar-refractivity contribution in [2.75, 3.05) is 13.2 Å². The Morgan fingerprint density at radius 3 is 2.50 bits per heavy atom. The molecule has 9 heteroatoms. The van der Waals surface area contributed by atoms with Gasteiger partial charge in [-0.3, -0.25) is 9.59 Å². The number of sulfonamides is 1. The van der Waals surface area contributed by atoms with Crippen molar-refractivity contribution in [1.82, 2.24) is 9.71 Å². The second kappa shape index (κ2) is 7.91. The van der Waals surface area contributed by atoms with E-state index in [1.54, 1.807) is 19.1 Å². The van der Waals surface area contributed by atoms with Gasteiger partial charge in [0.25, 0.3) is 0 Å². The molecule has 0 radical (unpaired) electrons. The fourth-order valence-electron chi connectivity index (χ4n) is 2.76. The zero-order chi connectivity index (χ0) is 20.3. The van der Waals surface area contributed by atoms with Crippen LogP contribution in [0.15, 0.2) is 53.4 Å². The number of carbonyl (C=O) groups is 2. The number of carbonyl (C=O) groups excluding carboxylic acids is 2. The molecule has 0 aliphatic heterocycles. The lowest BCUT2D eigenvalue weighted by Gasteiger charge is -2.07. The van der Waals surface area contributed by atoms with Crippen LogP contribution >= 0.6 is 0 Å². The summed E-state index contributed by atoms with van der Waals surface area (Å²) < 4.78 is 43.9. The third kappa shape index (κ3) is 4.26. The van der Waals surface area contributed by atoms with Crippen molar-refractivity contribution < 1.29 is 27.1 Å². The van der Waals surface area contributed by atoms with Crippen molar-refractivity contribution in [3.63, 3.8) is 0 Å². The first-order valence-electron chi connectivity index (χ1n) is 8.29. The summed E-state index contributed by atoms with van der Waals surface area (Å²) in [6.45, 7) is 0.575. The summed E-state index contributed by atoms with van der Waals surface area (Å²) >= 11 is 0. The topological polar surface area (TPSA) is 105 Å². The maximum absolute atomic E-state index is 12.9. The first kappa shape index (κ1) is 19.7. The van der Waals surface area contributed by atoms with E-state index in [2.05, 4.69) is 9.71 Å². The predicted octanol–water partition coefficient (Wildman–Crippen LogP) is 2.32. The number of Topliss-reactive ketones (excluding diaryl/α,β-unsaturated/α-hetero) is 1. The maximum Gasteiger partial charge on any atom is 0.321 e. The normalized spacial score (nSPS) is 11.5. The first-order chi connectivity index (χ1) is 13.3. The summed E-state index contributed by atoms with van der Waals surface area (Å²) in [7, 11) is -4.00. The number of benzene rings is 2. The minimum absolute atomic E-state index is 0.188. The number of H-pyrrole nitrogens is 1. The summed E-state index contributed by atoms with van der Waals surface area (Å²) in [5.41, 5.74) is 1.87. The summed E-state index contributed by atoms with van der Waals surface area (Å²) in [5, 5.41) is 0.720. The minimum Gasteiger partial charge on any atom is -0.456 e. The van der Waals surface area contributed by atoms with Crippen molar-refractivity contribution in [1.29, 1.82) is 0 Å². The van der Waals surface area contributed by atoms with E-state index in [4.69, 9.17) is 4.74 Å². The number of aromatic nitrogens is 1. The Morgan fingerprint density at radius 1 is 1.11 bits per heavy atom. The van der Waals surface area contributed by atoms with Gasteiger partial charge in [-0.05, 0) is 37.3 Å². The second-order valence-electron chi connectivity index (χ2n) is 6.03. The number of rotatable bonds is 7. The Hall–Kier alpha value is -3.04. The molecule has 3 rings (SSSR count). The highest BCUT2D eigenvalue weighted by atomic mass is 32.2. The van der Waals surface area contributed by atoms with E-state index in [0.29, 0.717) is 11.3 Å². The summed E-state index contributed by atoms with van der Waals surface area (Å²) in [4.78, 5) is 27.2. The molecular weight excluding hydrogens is 387 g/mol. The van der Waals surface area contributed by atoms with Crippen molar-refractivity contribution in [2.45, 2.75) is 11.8 Å². The SMILES string of the molecule is Cc1[nH]c2ccccc2c1C(=O)COC(=O)CNS(=O)(=O)c1ccc(F)cc1. The molecule has 0 spiro atoms. The van der Waals surface area contributed by atoms with E-state index in [9.17, 15) is 22.4 Å². The molecule has 2 aromatic carbocycles. The summed E-state index contributed by atoms with van der Waals surface area (Å²) in [6.07, 6.45) is 0. The van der Waals surface area contributed by atoms with E-state index in [-0.39, 0.29) is 4.90 Å². The fraction of sp³-hybridized carbons (Fsp3) is 0.158. The molecule has 0 aliphatic carbocycles. The molecule has 146 valence electrons. The van der Waals surface area contributed by atoms with Crippen LogP contribution in [0, 0.1) is 12.7 Å². The zero-order valence-electron chi connectivity index (χ0n) is 14.9. The molecular formula is C19H17FN2O5S. The zero-order valence-corrected chi connectivity index (χ0v) is 15.7. The van der Waals surface area contributed by atoms with Crippen molar-refractivity contribution in [3.8, 4) is 0 Å². The quantitative estimate of drug-likeness (QED) is 0.464. The lowest BCUT2D eigenvalue weighted by atomic mass is 10.1. The number of fused-ring (bicyclic) bond motifs is 1. The summed E-state index contributed by atoms with van der Waals surface area (Å²) in [6, 6.07) is 11.4. The summed E-state index contributed by atoms with van der Waals surface area (Å²) in [5.74, 6) is -1.88. The van der Waals surface area contributed by atoms with Crippen LogP contribution in [-0.2, 0) is 19.6 Å². The van der Waals surface area contributed by atoms with Gasteiger partial charge in [0.1, 0.15) is 12.4 Å². The Morgan fingerprint density at radius 2 is 1.79 bits per heavy atom. The molecule has 0 unspecified atom stereocenters. The van der Waals surface area contributed by atoms with Gasteiger partial charge in [0, 0.05) is 22.2 Å². The number of halogens is 1. The largest absolute Gasteiger partial charge is 0.456 e. The Balaban J connectivity index is 1.59. The van der Waals surface area contributed by atoms with E-state index >= 15 is 0 Å². The van der Waals surface area contributed by atoms with Crippen molar-refractivity contribution >= 4 is 32.7 Å². The lowest BCUT2D eigenvalue weighted by Crippen LogP contribution is -2.31. The van der Waals surface area contributed by atoms with Crippen LogP contribution in [0.3, 0.4) is 0 Å². The van der Waals surface area contributed by atoms with Gasteiger partial charge in [0.15, 0.2) is 6.61 Å².